The molecule has 2 saturated heterocycles. The van der Waals surface area contributed by atoms with Gasteiger partial charge in [0.1, 0.15) is 5.82 Å². The Bertz CT molecular complexity index is 645. The number of hydrogen-bond donors (Lipinski definition) is 2. The number of fused-ring (bicyclic) bond motifs is 1. The molecule has 7 heteroatoms. The van der Waals surface area contributed by atoms with E-state index in [1.165, 1.54) is 12.1 Å². The van der Waals surface area contributed by atoms with Crippen LogP contribution in [0, 0.1) is 5.82 Å². The molecule has 2 N–H and O–H groups in total. The summed E-state index contributed by atoms with van der Waals surface area (Å²) in [7, 11) is 0. The van der Waals surface area contributed by atoms with Crippen LogP contribution in [-0.2, 0) is 20.8 Å². The van der Waals surface area contributed by atoms with E-state index in [-0.39, 0.29) is 36.6 Å². The number of carbonyl (C=O) groups excluding carboxylic acids is 1. The third kappa shape index (κ3) is 5.98. The van der Waals surface area contributed by atoms with Crippen LogP contribution in [0.3, 0.4) is 0 Å². The fraction of sp³-hybridized carbons (Fsp3) is 0.667. The molecule has 0 unspecified atom stereocenters. The highest BCUT2D eigenvalue weighted by Gasteiger charge is 2.38. The fourth-order valence-electron chi connectivity index (χ4n) is 4.04. The fourth-order valence-corrected chi connectivity index (χ4v) is 4.04. The molecule has 2 heterocycles. The van der Waals surface area contributed by atoms with E-state index in [2.05, 4.69) is 10.2 Å². The molecule has 0 aromatic heterocycles. The van der Waals surface area contributed by atoms with Gasteiger partial charge in [-0.15, -0.1) is 0 Å². The van der Waals surface area contributed by atoms with Crippen LogP contribution >= 0.6 is 0 Å². The number of benzene rings is 1. The highest BCUT2D eigenvalue weighted by molar-refractivity contribution is 5.76. The standard InChI is InChI=1S/C21H31FN2O4/c1-2-8-23-21(26)10-18-6-7-19-20(28-18)14-27-13-17(25)12-24(19)11-15-4-3-5-16(22)9-15/h3-5,9,17-20,25H,2,6-8,10-14H2,1H3,(H,23,26)/t17-,18-,19-,20+/m1/s1. The summed E-state index contributed by atoms with van der Waals surface area (Å²) in [6, 6.07) is 6.62. The van der Waals surface area contributed by atoms with Gasteiger partial charge in [-0.2, -0.15) is 0 Å². The second-order valence-electron chi connectivity index (χ2n) is 7.75. The number of amides is 1. The van der Waals surface area contributed by atoms with Crippen LogP contribution in [0.15, 0.2) is 24.3 Å². The van der Waals surface area contributed by atoms with Crippen molar-refractivity contribution in [1.29, 1.82) is 0 Å². The second-order valence-corrected chi connectivity index (χ2v) is 7.75. The number of nitrogens with zero attached hydrogens (tertiary/aromatic N) is 1. The molecule has 0 aliphatic carbocycles. The summed E-state index contributed by atoms with van der Waals surface area (Å²) < 4.78 is 25.4. The SMILES string of the molecule is CCCNC(=O)C[C@H]1CC[C@@H]2[C@H](COC[C@H](O)CN2Cc2cccc(F)c2)O1. The zero-order valence-electron chi connectivity index (χ0n) is 16.5. The summed E-state index contributed by atoms with van der Waals surface area (Å²) in [5.41, 5.74) is 0.869. The van der Waals surface area contributed by atoms with Gasteiger partial charge in [-0.05, 0) is 37.0 Å². The Balaban J connectivity index is 1.65. The molecule has 28 heavy (non-hydrogen) atoms. The molecule has 2 fully saturated rings. The minimum atomic E-state index is -0.591. The molecular weight excluding hydrogens is 363 g/mol. The molecule has 0 bridgehead atoms. The Morgan fingerprint density at radius 3 is 3.00 bits per heavy atom. The van der Waals surface area contributed by atoms with Gasteiger partial charge in [0, 0.05) is 25.7 Å². The van der Waals surface area contributed by atoms with Crippen molar-refractivity contribution in [1.82, 2.24) is 10.2 Å². The molecule has 156 valence electrons. The largest absolute Gasteiger partial charge is 0.389 e. The first-order valence-corrected chi connectivity index (χ1v) is 10.2. The average molecular weight is 394 g/mol. The number of nitrogens with one attached hydrogen (secondary N) is 1. The molecular formula is C21H31FN2O4. The van der Waals surface area contributed by atoms with Gasteiger partial charge in [0.05, 0.1) is 37.9 Å². The average Bonchev–Trinajstić information content (AvgIpc) is 2.65. The van der Waals surface area contributed by atoms with E-state index >= 15 is 0 Å². The Morgan fingerprint density at radius 1 is 1.36 bits per heavy atom. The highest BCUT2D eigenvalue weighted by atomic mass is 19.1. The van der Waals surface area contributed by atoms with Crippen LogP contribution in [0.25, 0.3) is 0 Å². The molecule has 0 radical (unpaired) electrons. The normalized spacial score (nSPS) is 28.8. The smallest absolute Gasteiger partial charge is 0.222 e. The first-order valence-electron chi connectivity index (χ1n) is 10.2. The van der Waals surface area contributed by atoms with Crippen LogP contribution in [0.1, 0.15) is 38.2 Å². The predicted molar refractivity (Wildman–Crippen MR) is 103 cm³/mol. The van der Waals surface area contributed by atoms with Gasteiger partial charge in [-0.3, -0.25) is 9.69 Å². The molecule has 2 aliphatic heterocycles. The molecule has 6 nitrogen and oxygen atoms in total. The summed E-state index contributed by atoms with van der Waals surface area (Å²) in [5.74, 6) is -0.243. The minimum Gasteiger partial charge on any atom is -0.389 e. The van der Waals surface area contributed by atoms with Crippen molar-refractivity contribution in [3.05, 3.63) is 35.6 Å². The second kappa shape index (κ2) is 10.3. The van der Waals surface area contributed by atoms with E-state index in [1.54, 1.807) is 6.07 Å². The van der Waals surface area contributed by atoms with Gasteiger partial charge < -0.3 is 19.9 Å². The third-order valence-electron chi connectivity index (χ3n) is 5.35. The van der Waals surface area contributed by atoms with Crippen molar-refractivity contribution >= 4 is 5.91 Å². The zero-order valence-corrected chi connectivity index (χ0v) is 16.5. The van der Waals surface area contributed by atoms with Gasteiger partial charge in [0.15, 0.2) is 0 Å². The van der Waals surface area contributed by atoms with Crippen LogP contribution < -0.4 is 5.32 Å². The van der Waals surface area contributed by atoms with Gasteiger partial charge >= 0.3 is 0 Å². The van der Waals surface area contributed by atoms with Gasteiger partial charge in [-0.1, -0.05) is 19.1 Å². The monoisotopic (exact) mass is 394 g/mol. The molecule has 3 rings (SSSR count). The number of aliphatic hydroxyl groups is 1. The Labute approximate surface area is 166 Å². The molecule has 1 amide bonds. The number of ether oxygens (including phenoxy) is 2. The van der Waals surface area contributed by atoms with E-state index in [9.17, 15) is 14.3 Å². The maximum atomic E-state index is 13.6. The quantitative estimate of drug-likeness (QED) is 0.771. The van der Waals surface area contributed by atoms with Crippen LogP contribution in [0.5, 0.6) is 0 Å². The predicted octanol–water partition coefficient (Wildman–Crippen LogP) is 1.85. The maximum Gasteiger partial charge on any atom is 0.222 e. The van der Waals surface area contributed by atoms with Crippen molar-refractivity contribution in [3.8, 4) is 0 Å². The number of aliphatic hydroxyl groups excluding tert-OH is 1. The summed E-state index contributed by atoms with van der Waals surface area (Å²) in [6.07, 6.45) is 2.01. The van der Waals surface area contributed by atoms with Crippen LogP contribution in [0.2, 0.25) is 0 Å². The minimum absolute atomic E-state index is 0.0177. The third-order valence-corrected chi connectivity index (χ3v) is 5.35. The number of halogens is 1. The highest BCUT2D eigenvalue weighted by Crippen LogP contribution is 2.28. The van der Waals surface area contributed by atoms with Gasteiger partial charge in [0.2, 0.25) is 5.91 Å². The summed E-state index contributed by atoms with van der Waals surface area (Å²) in [6.45, 7) is 4.32. The lowest BCUT2D eigenvalue weighted by atomic mass is 9.94. The number of rotatable bonds is 6. The zero-order chi connectivity index (χ0) is 19.9. The van der Waals surface area contributed by atoms with E-state index in [0.717, 1.165) is 24.8 Å². The lowest BCUT2D eigenvalue weighted by molar-refractivity contribution is -0.158. The molecule has 1 aromatic rings. The lowest BCUT2D eigenvalue weighted by Crippen LogP contribution is -2.55. The van der Waals surface area contributed by atoms with E-state index in [0.29, 0.717) is 32.7 Å². The van der Waals surface area contributed by atoms with Crippen LogP contribution in [-0.4, -0.2) is 66.6 Å². The van der Waals surface area contributed by atoms with Crippen LogP contribution in [0.4, 0.5) is 4.39 Å². The molecule has 0 spiro atoms. The molecule has 4 atom stereocenters. The summed E-state index contributed by atoms with van der Waals surface area (Å²) in [4.78, 5) is 14.2. The molecule has 0 saturated carbocycles. The molecule has 2 aliphatic rings. The van der Waals surface area contributed by atoms with Crippen molar-refractivity contribution in [2.75, 3.05) is 26.3 Å². The number of hydrogen-bond acceptors (Lipinski definition) is 5. The van der Waals surface area contributed by atoms with Crippen molar-refractivity contribution in [2.24, 2.45) is 0 Å². The van der Waals surface area contributed by atoms with Gasteiger partial charge in [0.25, 0.3) is 0 Å². The Hall–Kier alpha value is -1.54. The van der Waals surface area contributed by atoms with Crippen molar-refractivity contribution in [2.45, 2.75) is 63.5 Å². The van der Waals surface area contributed by atoms with E-state index in [1.807, 2.05) is 13.0 Å². The summed E-state index contributed by atoms with van der Waals surface area (Å²) in [5, 5.41) is 13.1. The topological polar surface area (TPSA) is 71.0 Å². The van der Waals surface area contributed by atoms with Crippen molar-refractivity contribution in [3.63, 3.8) is 0 Å². The Kier molecular flexibility index (Phi) is 7.79. The number of carbonyl (C=O) groups is 1. The number of β-amino-alcohol motifs (C(OH)–C–C–N with tert-alkyl or cyclic N) is 1. The Morgan fingerprint density at radius 2 is 2.21 bits per heavy atom. The van der Waals surface area contributed by atoms with Gasteiger partial charge in [-0.25, -0.2) is 4.39 Å². The summed E-state index contributed by atoms with van der Waals surface area (Å²) >= 11 is 0. The van der Waals surface area contributed by atoms with E-state index < -0.39 is 6.10 Å². The lowest BCUT2D eigenvalue weighted by Gasteiger charge is -2.44. The van der Waals surface area contributed by atoms with E-state index in [4.69, 9.17) is 9.47 Å². The van der Waals surface area contributed by atoms with Crippen molar-refractivity contribution < 1.29 is 23.8 Å². The first-order chi connectivity index (χ1) is 13.5. The molecule has 1 aromatic carbocycles. The maximum absolute atomic E-state index is 13.6. The first kappa shape index (κ1) is 21.2.